The predicted molar refractivity (Wildman–Crippen MR) is 266 cm³/mol. The third kappa shape index (κ3) is 4.86. The van der Waals surface area contributed by atoms with Gasteiger partial charge in [0.2, 0.25) is 0 Å². The highest BCUT2D eigenvalue weighted by atomic mass is 15.0. The van der Waals surface area contributed by atoms with Gasteiger partial charge in [0.25, 0.3) is 0 Å². The lowest BCUT2D eigenvalue weighted by Gasteiger charge is -2.13. The number of hydrogen-bond acceptors (Lipinski definition) is 0. The van der Waals surface area contributed by atoms with E-state index in [-0.39, 0.29) is 0 Å². The molecule has 1 aliphatic carbocycles. The van der Waals surface area contributed by atoms with Crippen molar-refractivity contribution in [2.75, 3.05) is 0 Å². The van der Waals surface area contributed by atoms with Crippen molar-refractivity contribution >= 4 is 87.1 Å². The summed E-state index contributed by atoms with van der Waals surface area (Å²) in [5.74, 6) is 0. The highest BCUT2D eigenvalue weighted by Gasteiger charge is 2.23. The van der Waals surface area contributed by atoms with Crippen molar-refractivity contribution in [2.24, 2.45) is 0 Å². The molecule has 12 aromatic rings. The number of allylic oxidation sites excluding steroid dienone is 4. The highest BCUT2D eigenvalue weighted by Crippen LogP contribution is 2.46. The molecule has 0 fully saturated rings. The van der Waals surface area contributed by atoms with Crippen LogP contribution in [0.3, 0.4) is 0 Å². The number of para-hydroxylation sites is 2. The number of aromatic nitrogens is 2. The van der Waals surface area contributed by atoms with E-state index < -0.39 is 0 Å². The average Bonchev–Trinajstić information content (AvgIpc) is 3.97. The Morgan fingerprint density at radius 3 is 1.73 bits per heavy atom. The Morgan fingerprint density at radius 1 is 0.323 bits per heavy atom. The fraction of sp³-hybridized carbons (Fsp3) is 0. The van der Waals surface area contributed by atoms with Crippen LogP contribution in [0.2, 0.25) is 0 Å². The number of benzene rings is 10. The normalized spacial score (nSPS) is 12.6. The van der Waals surface area contributed by atoms with Gasteiger partial charge in [0.05, 0.1) is 22.1 Å². The SMILES string of the molecule is C=CC1=C(C=C)c2ccc(-c3ccc4cc(-n5c6ccc(-c7ccc8c(c7)c7ccccc7n8-c7ccccc7)cc6c6ccc7ccccc7c65)ccc4c3)c3cccc1c23. The minimum Gasteiger partial charge on any atom is -0.309 e. The highest BCUT2D eigenvalue weighted by molar-refractivity contribution is 6.21. The second-order valence-electron chi connectivity index (χ2n) is 16.5. The molecule has 1 aliphatic rings. The largest absolute Gasteiger partial charge is 0.309 e. The standard InChI is InChI=1S/C60H38N2/c1-3-45-46(4-2)52-30-29-47(51-19-12-18-50(45)59(51)52)42-22-21-39-34-44(27-23-38(39)33-42)62-58-32-26-41(36-55(58)53-28-24-37-13-8-9-16-48(37)60(53)62)40-25-31-57-54(35-40)49-17-10-11-20-56(49)61(57)43-14-6-5-7-15-43/h3-36H,1-2H2. The van der Waals surface area contributed by atoms with Crippen molar-refractivity contribution in [3.63, 3.8) is 0 Å². The molecule has 0 N–H and O–H groups in total. The summed E-state index contributed by atoms with van der Waals surface area (Å²) in [6.07, 6.45) is 3.93. The van der Waals surface area contributed by atoms with Crippen LogP contribution in [0.5, 0.6) is 0 Å². The number of nitrogens with zero attached hydrogens (tertiary/aromatic N) is 2. The van der Waals surface area contributed by atoms with E-state index in [9.17, 15) is 0 Å². The van der Waals surface area contributed by atoms with Gasteiger partial charge in [-0.2, -0.15) is 0 Å². The van der Waals surface area contributed by atoms with Gasteiger partial charge in [-0.1, -0.05) is 159 Å². The molecule has 0 radical (unpaired) electrons. The van der Waals surface area contributed by atoms with Gasteiger partial charge in [-0.05, 0) is 132 Å². The maximum atomic E-state index is 4.13. The molecule has 0 spiro atoms. The van der Waals surface area contributed by atoms with E-state index in [0.29, 0.717) is 0 Å². The van der Waals surface area contributed by atoms with Gasteiger partial charge in [0.1, 0.15) is 0 Å². The van der Waals surface area contributed by atoms with Crippen LogP contribution in [-0.2, 0) is 0 Å². The van der Waals surface area contributed by atoms with Crippen LogP contribution in [-0.4, -0.2) is 9.13 Å². The lowest BCUT2D eigenvalue weighted by atomic mass is 9.92. The molecule has 0 unspecified atom stereocenters. The van der Waals surface area contributed by atoms with E-state index in [2.05, 4.69) is 216 Å². The van der Waals surface area contributed by atoms with Crippen molar-refractivity contribution < 1.29 is 0 Å². The Kier molecular flexibility index (Phi) is 7.35. The van der Waals surface area contributed by atoms with E-state index in [0.717, 1.165) is 16.8 Å². The monoisotopic (exact) mass is 786 g/mol. The molecule has 288 valence electrons. The fourth-order valence-electron chi connectivity index (χ4n) is 10.6. The first-order valence-corrected chi connectivity index (χ1v) is 21.3. The average molecular weight is 787 g/mol. The fourth-order valence-corrected chi connectivity index (χ4v) is 10.6. The molecule has 0 amide bonds. The van der Waals surface area contributed by atoms with Gasteiger partial charge in [-0.15, -0.1) is 0 Å². The van der Waals surface area contributed by atoms with Crippen LogP contribution in [0.4, 0.5) is 0 Å². The van der Waals surface area contributed by atoms with Gasteiger partial charge in [-0.3, -0.25) is 0 Å². The molecule has 13 rings (SSSR count). The maximum Gasteiger partial charge on any atom is 0.0619 e. The Labute approximate surface area is 358 Å². The van der Waals surface area contributed by atoms with Crippen LogP contribution >= 0.6 is 0 Å². The Morgan fingerprint density at radius 2 is 0.919 bits per heavy atom. The molecular formula is C60H38N2. The minimum atomic E-state index is 1.15. The third-order valence-corrected chi connectivity index (χ3v) is 13.4. The molecule has 2 nitrogen and oxygen atoms in total. The summed E-state index contributed by atoms with van der Waals surface area (Å²) in [6, 6.07) is 71.7. The van der Waals surface area contributed by atoms with Gasteiger partial charge in [-0.25, -0.2) is 0 Å². The summed E-state index contributed by atoms with van der Waals surface area (Å²) in [7, 11) is 0. The second kappa shape index (κ2) is 13.1. The van der Waals surface area contributed by atoms with Crippen LogP contribution in [0.25, 0.3) is 121 Å². The van der Waals surface area contributed by atoms with Crippen molar-refractivity contribution in [2.45, 2.75) is 0 Å². The Hall–Kier alpha value is -8.20. The van der Waals surface area contributed by atoms with Crippen molar-refractivity contribution in [3.8, 4) is 33.6 Å². The first-order valence-electron chi connectivity index (χ1n) is 21.3. The number of hydrogen-bond donors (Lipinski definition) is 0. The molecule has 62 heavy (non-hydrogen) atoms. The first kappa shape index (κ1) is 34.6. The number of rotatable bonds is 6. The van der Waals surface area contributed by atoms with E-state index in [1.807, 2.05) is 12.2 Å². The van der Waals surface area contributed by atoms with Crippen molar-refractivity contribution in [1.82, 2.24) is 9.13 Å². The molecule has 10 aromatic carbocycles. The van der Waals surface area contributed by atoms with Gasteiger partial charge < -0.3 is 9.13 Å². The van der Waals surface area contributed by atoms with E-state index in [4.69, 9.17) is 0 Å². The molecular weight excluding hydrogens is 749 g/mol. The minimum absolute atomic E-state index is 1.15. The molecule has 0 atom stereocenters. The Balaban J connectivity index is 0.960. The lowest BCUT2D eigenvalue weighted by Crippen LogP contribution is -1.95. The van der Waals surface area contributed by atoms with Crippen molar-refractivity contribution in [1.29, 1.82) is 0 Å². The number of fused-ring (bicyclic) bond motifs is 9. The summed E-state index contributed by atoms with van der Waals surface area (Å²) >= 11 is 0. The smallest absolute Gasteiger partial charge is 0.0619 e. The molecule has 0 bridgehead atoms. The zero-order valence-corrected chi connectivity index (χ0v) is 33.9. The van der Waals surface area contributed by atoms with Gasteiger partial charge in [0, 0.05) is 38.3 Å². The zero-order valence-electron chi connectivity index (χ0n) is 33.9. The summed E-state index contributed by atoms with van der Waals surface area (Å²) < 4.78 is 4.86. The van der Waals surface area contributed by atoms with Crippen LogP contribution in [0.1, 0.15) is 11.1 Å². The molecule has 2 heteroatoms. The van der Waals surface area contributed by atoms with E-state index in [1.54, 1.807) is 0 Å². The quantitative estimate of drug-likeness (QED) is 0.159. The summed E-state index contributed by atoms with van der Waals surface area (Å²) in [5.41, 5.74) is 16.8. The third-order valence-electron chi connectivity index (χ3n) is 13.4. The molecule has 0 aliphatic heterocycles. The molecule has 0 saturated carbocycles. The molecule has 2 heterocycles. The first-order chi connectivity index (χ1) is 30.7. The van der Waals surface area contributed by atoms with Crippen LogP contribution in [0, 0.1) is 0 Å². The Bertz CT molecular complexity index is 3920. The predicted octanol–water partition coefficient (Wildman–Crippen LogP) is 16.3. The topological polar surface area (TPSA) is 9.86 Å². The molecule has 2 aromatic heterocycles. The molecule has 0 saturated heterocycles. The lowest BCUT2D eigenvalue weighted by molar-refractivity contribution is 1.18. The van der Waals surface area contributed by atoms with Gasteiger partial charge >= 0.3 is 0 Å². The van der Waals surface area contributed by atoms with Crippen LogP contribution < -0.4 is 0 Å². The van der Waals surface area contributed by atoms with Crippen LogP contribution in [0.15, 0.2) is 219 Å². The summed E-state index contributed by atoms with van der Waals surface area (Å²) in [4.78, 5) is 0. The van der Waals surface area contributed by atoms with Crippen molar-refractivity contribution in [3.05, 3.63) is 231 Å². The van der Waals surface area contributed by atoms with E-state index in [1.165, 1.54) is 115 Å². The maximum absolute atomic E-state index is 4.13. The zero-order chi connectivity index (χ0) is 41.1. The summed E-state index contributed by atoms with van der Waals surface area (Å²) in [6.45, 7) is 8.27. The summed E-state index contributed by atoms with van der Waals surface area (Å²) in [5, 5.41) is 12.4. The van der Waals surface area contributed by atoms with E-state index >= 15 is 0 Å². The second-order valence-corrected chi connectivity index (χ2v) is 16.5. The van der Waals surface area contributed by atoms with Gasteiger partial charge in [0.15, 0.2) is 0 Å².